The average Bonchev–Trinajstić information content (AvgIpc) is 2.96. The maximum atomic E-state index is 11.7. The first-order chi connectivity index (χ1) is 10.1. The fraction of sp³-hybridized carbons (Fsp3) is 0.500. The molecule has 1 aliphatic rings. The van der Waals surface area contributed by atoms with E-state index in [0.717, 1.165) is 18.4 Å². The first kappa shape index (κ1) is 15.5. The highest BCUT2D eigenvalue weighted by Crippen LogP contribution is 2.37. The van der Waals surface area contributed by atoms with Crippen LogP contribution in [0.5, 0.6) is 0 Å². The predicted molar refractivity (Wildman–Crippen MR) is 77.6 cm³/mol. The van der Waals surface area contributed by atoms with Crippen LogP contribution in [0.4, 0.5) is 0 Å². The Morgan fingerprint density at radius 1 is 1.19 bits per heavy atom. The third-order valence-electron chi connectivity index (χ3n) is 3.98. The smallest absolute Gasteiger partial charge is 0.311 e. The van der Waals surface area contributed by atoms with E-state index in [4.69, 9.17) is 4.74 Å². The number of hydrogen-bond donors (Lipinski definition) is 2. The molecule has 0 radical (unpaired) electrons. The van der Waals surface area contributed by atoms with E-state index in [0.29, 0.717) is 19.4 Å². The molecule has 0 heterocycles. The van der Waals surface area contributed by atoms with Crippen LogP contribution in [0.25, 0.3) is 0 Å². The van der Waals surface area contributed by atoms with Crippen LogP contribution in [0.1, 0.15) is 31.2 Å². The number of nitrogens with one attached hydrogen (secondary N) is 1. The van der Waals surface area contributed by atoms with Gasteiger partial charge in [0.05, 0.1) is 12.0 Å². The Morgan fingerprint density at radius 3 is 2.48 bits per heavy atom. The second-order valence-electron chi connectivity index (χ2n) is 5.55. The molecule has 5 nitrogen and oxygen atoms in total. The Hall–Kier alpha value is -1.88. The predicted octanol–water partition coefficient (Wildman–Crippen LogP) is 1.96. The number of hydrogen-bond acceptors (Lipinski definition) is 3. The van der Waals surface area contributed by atoms with E-state index < -0.39 is 11.4 Å². The maximum Gasteiger partial charge on any atom is 0.311 e. The second-order valence-corrected chi connectivity index (χ2v) is 5.55. The lowest BCUT2D eigenvalue weighted by Gasteiger charge is -2.23. The Kier molecular flexibility index (Phi) is 5.33. The van der Waals surface area contributed by atoms with E-state index in [9.17, 15) is 14.7 Å². The van der Waals surface area contributed by atoms with Crippen LogP contribution in [0.3, 0.4) is 0 Å². The molecule has 1 fully saturated rings. The Labute approximate surface area is 124 Å². The number of benzene rings is 1. The molecule has 114 valence electrons. The fourth-order valence-electron chi connectivity index (χ4n) is 2.67. The van der Waals surface area contributed by atoms with Gasteiger partial charge in [-0.2, -0.15) is 0 Å². The third kappa shape index (κ3) is 4.29. The van der Waals surface area contributed by atoms with E-state index in [-0.39, 0.29) is 19.1 Å². The zero-order chi connectivity index (χ0) is 15.1. The third-order valence-corrected chi connectivity index (χ3v) is 3.98. The van der Waals surface area contributed by atoms with Crippen molar-refractivity contribution in [2.75, 3.05) is 13.2 Å². The fourth-order valence-corrected chi connectivity index (χ4v) is 2.67. The van der Waals surface area contributed by atoms with Gasteiger partial charge in [-0.1, -0.05) is 43.2 Å². The van der Waals surface area contributed by atoms with Crippen LogP contribution in [0.2, 0.25) is 0 Å². The van der Waals surface area contributed by atoms with E-state index in [1.807, 2.05) is 30.3 Å². The molecule has 0 bridgehead atoms. The van der Waals surface area contributed by atoms with Crippen molar-refractivity contribution in [3.05, 3.63) is 35.9 Å². The van der Waals surface area contributed by atoms with Crippen molar-refractivity contribution in [2.24, 2.45) is 5.41 Å². The van der Waals surface area contributed by atoms with Gasteiger partial charge in [0.1, 0.15) is 6.61 Å². The summed E-state index contributed by atoms with van der Waals surface area (Å²) in [6.07, 6.45) is 3.08. The van der Waals surface area contributed by atoms with Crippen molar-refractivity contribution in [3.63, 3.8) is 0 Å². The van der Waals surface area contributed by atoms with Crippen molar-refractivity contribution in [1.82, 2.24) is 5.32 Å². The summed E-state index contributed by atoms with van der Waals surface area (Å²) < 4.78 is 5.33. The van der Waals surface area contributed by atoms with Gasteiger partial charge in [-0.05, 0) is 18.4 Å². The van der Waals surface area contributed by atoms with Crippen molar-refractivity contribution in [1.29, 1.82) is 0 Å². The Morgan fingerprint density at radius 2 is 1.86 bits per heavy atom. The molecule has 0 aromatic heterocycles. The topological polar surface area (TPSA) is 75.6 Å². The average molecular weight is 291 g/mol. The highest BCUT2D eigenvalue weighted by Gasteiger charge is 2.41. The van der Waals surface area contributed by atoms with Gasteiger partial charge < -0.3 is 15.2 Å². The molecule has 1 aliphatic carbocycles. The summed E-state index contributed by atoms with van der Waals surface area (Å²) in [6, 6.07) is 9.60. The molecule has 5 heteroatoms. The number of aliphatic carboxylic acids is 1. The molecule has 21 heavy (non-hydrogen) atoms. The van der Waals surface area contributed by atoms with Crippen LogP contribution in [-0.2, 0) is 20.9 Å². The van der Waals surface area contributed by atoms with Crippen LogP contribution in [0.15, 0.2) is 30.3 Å². The standard InChI is InChI=1S/C16H21NO4/c18-14(11-21-10-13-6-2-1-3-7-13)17-12-16(15(19)20)8-4-5-9-16/h1-3,6-7H,4-5,8-12H2,(H,17,18)(H,19,20). The van der Waals surface area contributed by atoms with Crippen molar-refractivity contribution in [3.8, 4) is 0 Å². The minimum atomic E-state index is -0.814. The van der Waals surface area contributed by atoms with Crippen LogP contribution >= 0.6 is 0 Å². The van der Waals surface area contributed by atoms with Gasteiger partial charge in [-0.25, -0.2) is 0 Å². The summed E-state index contributed by atoms with van der Waals surface area (Å²) >= 11 is 0. The Bertz CT molecular complexity index is 480. The minimum absolute atomic E-state index is 0.0510. The summed E-state index contributed by atoms with van der Waals surface area (Å²) in [5.41, 5.74) is 0.220. The molecule has 1 amide bonds. The molecule has 0 atom stereocenters. The van der Waals surface area contributed by atoms with Crippen molar-refractivity contribution in [2.45, 2.75) is 32.3 Å². The Balaban J connectivity index is 1.71. The summed E-state index contributed by atoms with van der Waals surface area (Å²) in [5.74, 6) is -1.08. The van der Waals surface area contributed by atoms with E-state index in [2.05, 4.69) is 5.32 Å². The molecule has 0 unspecified atom stereocenters. The van der Waals surface area contributed by atoms with Crippen LogP contribution < -0.4 is 5.32 Å². The summed E-state index contributed by atoms with van der Waals surface area (Å²) in [6.45, 7) is 0.513. The van der Waals surface area contributed by atoms with Gasteiger partial charge >= 0.3 is 5.97 Å². The second kappa shape index (κ2) is 7.22. The minimum Gasteiger partial charge on any atom is -0.481 e. The monoisotopic (exact) mass is 291 g/mol. The highest BCUT2D eigenvalue weighted by atomic mass is 16.5. The molecule has 2 rings (SSSR count). The number of carboxylic acids is 1. The highest BCUT2D eigenvalue weighted by molar-refractivity contribution is 5.80. The van der Waals surface area contributed by atoms with Gasteiger partial charge in [-0.3, -0.25) is 9.59 Å². The SMILES string of the molecule is O=C(COCc1ccccc1)NCC1(C(=O)O)CCCC1. The lowest BCUT2D eigenvalue weighted by atomic mass is 9.86. The largest absolute Gasteiger partial charge is 0.481 e. The number of rotatable bonds is 7. The van der Waals surface area contributed by atoms with Gasteiger partial charge in [0.25, 0.3) is 0 Å². The van der Waals surface area contributed by atoms with E-state index >= 15 is 0 Å². The van der Waals surface area contributed by atoms with Crippen molar-refractivity contribution < 1.29 is 19.4 Å². The van der Waals surface area contributed by atoms with Gasteiger partial charge in [0.2, 0.25) is 5.91 Å². The molecule has 1 aromatic carbocycles. The van der Waals surface area contributed by atoms with Crippen LogP contribution in [0, 0.1) is 5.41 Å². The van der Waals surface area contributed by atoms with Gasteiger partial charge in [0, 0.05) is 6.54 Å². The zero-order valence-corrected chi connectivity index (χ0v) is 12.0. The zero-order valence-electron chi connectivity index (χ0n) is 12.0. The molecular formula is C16H21NO4. The molecule has 0 aliphatic heterocycles. The first-order valence-corrected chi connectivity index (χ1v) is 7.24. The first-order valence-electron chi connectivity index (χ1n) is 7.24. The quantitative estimate of drug-likeness (QED) is 0.805. The van der Waals surface area contributed by atoms with Crippen LogP contribution in [-0.4, -0.2) is 30.1 Å². The van der Waals surface area contributed by atoms with Gasteiger partial charge in [0.15, 0.2) is 0 Å². The summed E-state index contributed by atoms with van der Waals surface area (Å²) in [5, 5.41) is 12.0. The molecule has 1 saturated carbocycles. The number of ether oxygens (including phenoxy) is 1. The molecule has 1 aromatic rings. The van der Waals surface area contributed by atoms with E-state index in [1.165, 1.54) is 0 Å². The summed E-state index contributed by atoms with van der Waals surface area (Å²) in [7, 11) is 0. The molecule has 0 spiro atoms. The number of carbonyl (C=O) groups excluding carboxylic acids is 1. The molecule has 2 N–H and O–H groups in total. The summed E-state index contributed by atoms with van der Waals surface area (Å²) in [4.78, 5) is 23.1. The number of amides is 1. The maximum absolute atomic E-state index is 11.7. The molecule has 0 saturated heterocycles. The number of carbonyl (C=O) groups is 2. The molecular weight excluding hydrogens is 270 g/mol. The lowest BCUT2D eigenvalue weighted by molar-refractivity contribution is -0.148. The lowest BCUT2D eigenvalue weighted by Crippen LogP contribution is -2.42. The number of carboxylic acid groups (broad SMARTS) is 1. The normalized spacial score (nSPS) is 16.6. The van der Waals surface area contributed by atoms with E-state index in [1.54, 1.807) is 0 Å². The van der Waals surface area contributed by atoms with Gasteiger partial charge in [-0.15, -0.1) is 0 Å². The van der Waals surface area contributed by atoms with Crippen molar-refractivity contribution >= 4 is 11.9 Å².